The van der Waals surface area contributed by atoms with Gasteiger partial charge in [-0.2, -0.15) is 0 Å². The molecule has 2 heterocycles. The van der Waals surface area contributed by atoms with Crippen LogP contribution in [0.5, 0.6) is 0 Å². The maximum Gasteiger partial charge on any atom is 0.165 e. The topological polar surface area (TPSA) is 23.6 Å². The highest BCUT2D eigenvalue weighted by molar-refractivity contribution is 6.33. The van der Waals surface area contributed by atoms with E-state index in [1.807, 2.05) is 18.2 Å². The molecule has 2 aliphatic heterocycles. The molecule has 0 spiro atoms. The average molecular weight is 307 g/mol. The highest BCUT2D eigenvalue weighted by Crippen LogP contribution is 2.21. The molecule has 0 saturated carbocycles. The minimum Gasteiger partial charge on any atom is -0.301 e. The van der Waals surface area contributed by atoms with Crippen molar-refractivity contribution in [1.29, 1.82) is 0 Å². The van der Waals surface area contributed by atoms with Gasteiger partial charge in [0.2, 0.25) is 0 Å². The number of benzene rings is 1. The summed E-state index contributed by atoms with van der Waals surface area (Å²) in [5.41, 5.74) is 0.662. The lowest BCUT2D eigenvalue weighted by atomic mass is 10.1. The molecule has 1 atom stereocenters. The molecule has 0 radical (unpaired) electrons. The molecule has 0 aromatic heterocycles. The van der Waals surface area contributed by atoms with E-state index in [9.17, 15) is 4.79 Å². The van der Waals surface area contributed by atoms with Crippen molar-refractivity contribution in [2.45, 2.75) is 31.7 Å². The summed E-state index contributed by atoms with van der Waals surface area (Å²) in [7, 11) is 0. The molecule has 114 valence electrons. The quantitative estimate of drug-likeness (QED) is 0.781. The van der Waals surface area contributed by atoms with Crippen LogP contribution in [0.15, 0.2) is 24.3 Å². The number of ketones is 1. The molecule has 2 saturated heterocycles. The summed E-state index contributed by atoms with van der Waals surface area (Å²) < 4.78 is 0. The van der Waals surface area contributed by atoms with Gasteiger partial charge in [0.1, 0.15) is 0 Å². The van der Waals surface area contributed by atoms with E-state index in [0.717, 1.165) is 19.6 Å². The summed E-state index contributed by atoms with van der Waals surface area (Å²) in [6.07, 6.45) is 4.51. The highest BCUT2D eigenvalue weighted by Gasteiger charge is 2.29. The summed E-state index contributed by atoms with van der Waals surface area (Å²) in [4.78, 5) is 17.3. The maximum atomic E-state index is 12.2. The monoisotopic (exact) mass is 306 g/mol. The highest BCUT2D eigenvalue weighted by atomic mass is 35.5. The lowest BCUT2D eigenvalue weighted by molar-refractivity contribution is 0.0967. The predicted molar refractivity (Wildman–Crippen MR) is 86.1 cm³/mol. The van der Waals surface area contributed by atoms with Crippen LogP contribution >= 0.6 is 11.6 Å². The van der Waals surface area contributed by atoms with Crippen LogP contribution in [0, 0.1) is 0 Å². The van der Waals surface area contributed by atoms with Crippen LogP contribution in [0.4, 0.5) is 0 Å². The third-order valence-electron chi connectivity index (χ3n) is 4.73. The molecule has 0 bridgehead atoms. The van der Waals surface area contributed by atoms with Crippen molar-refractivity contribution in [3.05, 3.63) is 34.9 Å². The Bertz CT molecular complexity index is 499. The van der Waals surface area contributed by atoms with E-state index < -0.39 is 0 Å². The Morgan fingerprint density at radius 3 is 2.71 bits per heavy atom. The Morgan fingerprint density at radius 2 is 1.95 bits per heavy atom. The Morgan fingerprint density at radius 1 is 1.19 bits per heavy atom. The number of hydrogen-bond acceptors (Lipinski definition) is 3. The van der Waals surface area contributed by atoms with Gasteiger partial charge in [-0.05, 0) is 51.0 Å². The summed E-state index contributed by atoms with van der Waals surface area (Å²) in [6, 6.07) is 8.05. The van der Waals surface area contributed by atoms with Crippen LogP contribution in [0.25, 0.3) is 0 Å². The van der Waals surface area contributed by atoms with Crippen LogP contribution in [0.1, 0.15) is 36.0 Å². The third kappa shape index (κ3) is 3.65. The van der Waals surface area contributed by atoms with Gasteiger partial charge in [0.25, 0.3) is 0 Å². The van der Waals surface area contributed by atoms with E-state index in [-0.39, 0.29) is 5.78 Å². The summed E-state index contributed by atoms with van der Waals surface area (Å²) in [5, 5.41) is 0.568. The van der Waals surface area contributed by atoms with E-state index in [1.165, 1.54) is 32.4 Å². The Labute approximate surface area is 131 Å². The zero-order valence-electron chi connectivity index (χ0n) is 12.4. The van der Waals surface area contributed by atoms with Gasteiger partial charge in [-0.1, -0.05) is 23.7 Å². The molecule has 21 heavy (non-hydrogen) atoms. The van der Waals surface area contributed by atoms with Crippen molar-refractivity contribution in [1.82, 2.24) is 9.80 Å². The van der Waals surface area contributed by atoms with Crippen molar-refractivity contribution in [2.24, 2.45) is 0 Å². The molecular weight excluding hydrogens is 284 g/mol. The van der Waals surface area contributed by atoms with Crippen LogP contribution < -0.4 is 0 Å². The van der Waals surface area contributed by atoms with Crippen molar-refractivity contribution < 1.29 is 4.79 Å². The zero-order valence-corrected chi connectivity index (χ0v) is 13.2. The van der Waals surface area contributed by atoms with Crippen molar-refractivity contribution in [3.8, 4) is 0 Å². The number of likely N-dealkylation sites (tertiary alicyclic amines) is 2. The lowest BCUT2D eigenvalue weighted by Crippen LogP contribution is -2.35. The van der Waals surface area contributed by atoms with Crippen molar-refractivity contribution in [2.75, 3.05) is 32.7 Å². The molecule has 0 amide bonds. The van der Waals surface area contributed by atoms with Gasteiger partial charge in [-0.25, -0.2) is 0 Å². The first-order valence-electron chi connectivity index (χ1n) is 7.98. The van der Waals surface area contributed by atoms with E-state index in [1.54, 1.807) is 6.07 Å². The number of nitrogens with zero attached hydrogens (tertiary/aromatic N) is 2. The largest absolute Gasteiger partial charge is 0.301 e. The minimum absolute atomic E-state index is 0.158. The van der Waals surface area contributed by atoms with Gasteiger partial charge in [0.15, 0.2) is 5.78 Å². The molecule has 1 aromatic carbocycles. The van der Waals surface area contributed by atoms with Crippen LogP contribution in [0.2, 0.25) is 5.02 Å². The van der Waals surface area contributed by atoms with Crippen LogP contribution in [-0.4, -0.2) is 54.3 Å². The molecule has 0 N–H and O–H groups in total. The average Bonchev–Trinajstić information content (AvgIpc) is 3.16. The molecule has 2 fully saturated rings. The number of rotatable bonds is 5. The number of halogens is 1. The fourth-order valence-electron chi connectivity index (χ4n) is 3.50. The molecule has 3 rings (SSSR count). The van der Waals surface area contributed by atoms with E-state index in [4.69, 9.17) is 11.6 Å². The SMILES string of the molecule is O=C(CCN1CCC(N2CCCC2)C1)c1ccccc1Cl. The van der Waals surface area contributed by atoms with E-state index >= 15 is 0 Å². The molecule has 1 unspecified atom stereocenters. The van der Waals surface area contributed by atoms with Crippen LogP contribution in [0.3, 0.4) is 0 Å². The van der Waals surface area contributed by atoms with E-state index in [2.05, 4.69) is 9.80 Å². The normalized spacial score (nSPS) is 23.8. The fraction of sp³-hybridized carbons (Fsp3) is 0.588. The molecule has 3 nitrogen and oxygen atoms in total. The first-order valence-corrected chi connectivity index (χ1v) is 8.36. The Kier molecular flexibility index (Phi) is 4.94. The number of carbonyl (C=O) groups is 1. The van der Waals surface area contributed by atoms with Crippen molar-refractivity contribution >= 4 is 17.4 Å². The van der Waals surface area contributed by atoms with Crippen molar-refractivity contribution in [3.63, 3.8) is 0 Å². The maximum absolute atomic E-state index is 12.2. The molecule has 1 aromatic rings. The molecule has 2 aliphatic rings. The summed E-state index contributed by atoms with van der Waals surface area (Å²) >= 11 is 6.08. The Hall–Kier alpha value is -0.900. The van der Waals surface area contributed by atoms with Gasteiger partial charge >= 0.3 is 0 Å². The van der Waals surface area contributed by atoms with E-state index in [0.29, 0.717) is 23.0 Å². The predicted octanol–water partition coefficient (Wildman–Crippen LogP) is 3.08. The van der Waals surface area contributed by atoms with Gasteiger partial charge in [0.05, 0.1) is 5.02 Å². The minimum atomic E-state index is 0.158. The molecular formula is C17H23ClN2O. The fourth-order valence-corrected chi connectivity index (χ4v) is 3.74. The Balaban J connectivity index is 1.47. The van der Waals surface area contributed by atoms with Crippen LogP contribution in [-0.2, 0) is 0 Å². The summed E-state index contributed by atoms with van der Waals surface area (Å²) in [6.45, 7) is 5.62. The van der Waals surface area contributed by atoms with Gasteiger partial charge < -0.3 is 4.90 Å². The second-order valence-electron chi connectivity index (χ2n) is 6.14. The first-order chi connectivity index (χ1) is 10.2. The summed E-state index contributed by atoms with van der Waals surface area (Å²) in [5.74, 6) is 0.158. The van der Waals surface area contributed by atoms with Gasteiger partial charge in [-0.3, -0.25) is 9.69 Å². The standard InChI is InChI=1S/C17H23ClN2O/c18-16-6-2-1-5-15(16)17(21)8-12-19-11-7-14(13-19)20-9-3-4-10-20/h1-2,5-6,14H,3-4,7-13H2. The van der Waals surface area contributed by atoms with Gasteiger partial charge in [-0.15, -0.1) is 0 Å². The van der Waals surface area contributed by atoms with Gasteiger partial charge in [0, 0.05) is 31.1 Å². The number of hydrogen-bond donors (Lipinski definition) is 0. The second kappa shape index (κ2) is 6.91. The zero-order chi connectivity index (χ0) is 14.7. The molecule has 0 aliphatic carbocycles. The number of carbonyl (C=O) groups excluding carboxylic acids is 1. The molecule has 4 heteroatoms. The lowest BCUT2D eigenvalue weighted by Gasteiger charge is -2.23. The third-order valence-corrected chi connectivity index (χ3v) is 5.06. The first kappa shape index (κ1) is 15.0. The number of Topliss-reactive ketones (excluding diaryl/α,β-unsaturated/α-hetero) is 1. The second-order valence-corrected chi connectivity index (χ2v) is 6.55. The smallest absolute Gasteiger partial charge is 0.165 e.